The van der Waals surface area contributed by atoms with Gasteiger partial charge in [0.15, 0.2) is 11.3 Å². The third kappa shape index (κ3) is 3.63. The van der Waals surface area contributed by atoms with E-state index in [1.165, 1.54) is 0 Å². The molecule has 1 saturated heterocycles. The zero-order valence-electron chi connectivity index (χ0n) is 18.2. The van der Waals surface area contributed by atoms with E-state index in [0.29, 0.717) is 22.8 Å². The summed E-state index contributed by atoms with van der Waals surface area (Å²) in [5.74, 6) is 0.870. The fraction of sp³-hybridized carbons (Fsp3) is 0.348. The first kappa shape index (κ1) is 19.6. The number of rotatable bonds is 4. The van der Waals surface area contributed by atoms with Crippen molar-refractivity contribution < 1.29 is 9.21 Å². The number of carbonyl (C=O) groups is 1. The van der Waals surface area contributed by atoms with E-state index < -0.39 is 0 Å². The standard InChI is InChI=1S/C23H26N6O2/c1-14-9-16(10-15-12-28(4)26-22(14)15)24-23(30)20-11-18-19(31-20)5-6-21(25-18)29-8-7-17(13-29)27(2)3/h5-6,9-12,17H,7-8,13H2,1-4H3,(H,24,30). The van der Waals surface area contributed by atoms with Crippen LogP contribution in [0.4, 0.5) is 11.5 Å². The molecule has 3 aromatic heterocycles. The van der Waals surface area contributed by atoms with Crippen LogP contribution in [0.3, 0.4) is 0 Å². The van der Waals surface area contributed by atoms with Crippen molar-refractivity contribution in [2.75, 3.05) is 37.4 Å². The number of amides is 1. The molecule has 4 aromatic rings. The molecule has 1 aliphatic heterocycles. The average Bonchev–Trinajstić information content (AvgIpc) is 3.44. The van der Waals surface area contributed by atoms with Crippen LogP contribution >= 0.6 is 0 Å². The molecule has 1 unspecified atom stereocenters. The summed E-state index contributed by atoms with van der Waals surface area (Å²) in [5.41, 5.74) is 3.94. The third-order valence-corrected chi connectivity index (χ3v) is 5.97. The molecule has 31 heavy (non-hydrogen) atoms. The molecule has 1 aliphatic rings. The Bertz CT molecular complexity index is 1290. The summed E-state index contributed by atoms with van der Waals surface area (Å²) in [4.78, 5) is 22.1. The molecule has 160 valence electrons. The van der Waals surface area contributed by atoms with E-state index in [1.54, 1.807) is 10.7 Å². The molecule has 0 radical (unpaired) electrons. The lowest BCUT2D eigenvalue weighted by molar-refractivity contribution is 0.0998. The van der Waals surface area contributed by atoms with Gasteiger partial charge in [-0.1, -0.05) is 0 Å². The smallest absolute Gasteiger partial charge is 0.291 e. The number of pyridine rings is 1. The molecule has 1 fully saturated rings. The Labute approximate surface area is 180 Å². The van der Waals surface area contributed by atoms with E-state index in [0.717, 1.165) is 41.8 Å². The van der Waals surface area contributed by atoms with Gasteiger partial charge in [0.05, 0.1) is 5.52 Å². The number of benzene rings is 1. The fourth-order valence-electron chi connectivity index (χ4n) is 4.27. The van der Waals surface area contributed by atoms with Crippen LogP contribution in [0, 0.1) is 6.92 Å². The van der Waals surface area contributed by atoms with Crippen LogP contribution < -0.4 is 10.2 Å². The summed E-state index contributed by atoms with van der Waals surface area (Å²) in [6, 6.07) is 9.93. The monoisotopic (exact) mass is 418 g/mol. The maximum Gasteiger partial charge on any atom is 0.291 e. The van der Waals surface area contributed by atoms with E-state index in [-0.39, 0.29) is 11.7 Å². The highest BCUT2D eigenvalue weighted by atomic mass is 16.3. The van der Waals surface area contributed by atoms with Gasteiger partial charge in [-0.3, -0.25) is 9.48 Å². The lowest BCUT2D eigenvalue weighted by atomic mass is 10.1. The molecule has 1 N–H and O–H groups in total. The SMILES string of the molecule is Cc1cc(NC(=O)c2cc3nc(N4CCC(N(C)C)C4)ccc3o2)cc2cn(C)nc12. The summed E-state index contributed by atoms with van der Waals surface area (Å²) < 4.78 is 7.55. The maximum atomic E-state index is 12.8. The van der Waals surface area contributed by atoms with Crippen LogP contribution in [0.25, 0.3) is 22.0 Å². The summed E-state index contributed by atoms with van der Waals surface area (Å²) in [6.45, 7) is 3.91. The number of hydrogen-bond acceptors (Lipinski definition) is 6. The number of hydrogen-bond donors (Lipinski definition) is 1. The van der Waals surface area contributed by atoms with Crippen LogP contribution in [0.1, 0.15) is 22.5 Å². The fourth-order valence-corrected chi connectivity index (χ4v) is 4.27. The Kier molecular flexibility index (Phi) is 4.66. The summed E-state index contributed by atoms with van der Waals surface area (Å²) >= 11 is 0. The molecule has 5 rings (SSSR count). The number of furan rings is 1. The van der Waals surface area contributed by atoms with Crippen molar-refractivity contribution in [3.63, 3.8) is 0 Å². The van der Waals surface area contributed by atoms with Crippen molar-refractivity contribution >= 4 is 39.4 Å². The number of carbonyl (C=O) groups excluding carboxylic acids is 1. The predicted molar refractivity (Wildman–Crippen MR) is 122 cm³/mol. The zero-order valence-corrected chi connectivity index (χ0v) is 18.2. The van der Waals surface area contributed by atoms with Crippen molar-refractivity contribution in [1.82, 2.24) is 19.7 Å². The van der Waals surface area contributed by atoms with Gasteiger partial charge in [0.25, 0.3) is 5.91 Å². The number of nitrogens with one attached hydrogen (secondary N) is 1. The molecule has 1 aromatic carbocycles. The minimum atomic E-state index is -0.295. The quantitative estimate of drug-likeness (QED) is 0.547. The highest BCUT2D eigenvalue weighted by Crippen LogP contribution is 2.26. The zero-order chi connectivity index (χ0) is 21.7. The molecule has 0 spiro atoms. The van der Waals surface area contributed by atoms with Crippen LogP contribution in [0.15, 0.2) is 40.9 Å². The van der Waals surface area contributed by atoms with E-state index in [1.807, 2.05) is 44.4 Å². The second-order valence-corrected chi connectivity index (χ2v) is 8.50. The van der Waals surface area contributed by atoms with E-state index >= 15 is 0 Å². The predicted octanol–water partition coefficient (Wildman–Crippen LogP) is 3.42. The second kappa shape index (κ2) is 7.39. The number of nitrogens with zero attached hydrogens (tertiary/aromatic N) is 5. The first-order valence-electron chi connectivity index (χ1n) is 10.4. The number of aromatic nitrogens is 3. The Balaban J connectivity index is 1.37. The van der Waals surface area contributed by atoms with Crippen molar-refractivity contribution in [2.24, 2.45) is 7.05 Å². The van der Waals surface area contributed by atoms with Gasteiger partial charge in [-0.05, 0) is 57.3 Å². The van der Waals surface area contributed by atoms with Gasteiger partial charge in [0, 0.05) is 49.5 Å². The molecule has 1 atom stereocenters. The van der Waals surface area contributed by atoms with Crippen LogP contribution in [0.5, 0.6) is 0 Å². The van der Waals surface area contributed by atoms with Crippen LogP contribution in [0.2, 0.25) is 0 Å². The third-order valence-electron chi connectivity index (χ3n) is 5.97. The minimum absolute atomic E-state index is 0.246. The van der Waals surface area contributed by atoms with Gasteiger partial charge in [0.1, 0.15) is 11.3 Å². The molecular weight excluding hydrogens is 392 g/mol. The van der Waals surface area contributed by atoms with Gasteiger partial charge in [0.2, 0.25) is 0 Å². The molecular formula is C23H26N6O2. The largest absolute Gasteiger partial charge is 0.449 e. The van der Waals surface area contributed by atoms with Crippen LogP contribution in [-0.2, 0) is 7.05 Å². The number of fused-ring (bicyclic) bond motifs is 2. The summed E-state index contributed by atoms with van der Waals surface area (Å²) in [7, 11) is 6.11. The van der Waals surface area contributed by atoms with E-state index in [9.17, 15) is 4.79 Å². The first-order valence-corrected chi connectivity index (χ1v) is 10.4. The summed E-state index contributed by atoms with van der Waals surface area (Å²) in [6.07, 6.45) is 3.05. The topological polar surface area (TPSA) is 79.4 Å². The molecule has 0 aliphatic carbocycles. The molecule has 4 heterocycles. The highest BCUT2D eigenvalue weighted by Gasteiger charge is 2.25. The normalized spacial score (nSPS) is 16.7. The van der Waals surface area contributed by atoms with Gasteiger partial charge in [-0.25, -0.2) is 4.98 Å². The van der Waals surface area contributed by atoms with Crippen molar-refractivity contribution in [1.29, 1.82) is 0 Å². The molecule has 1 amide bonds. The molecule has 0 saturated carbocycles. The van der Waals surface area contributed by atoms with Gasteiger partial charge < -0.3 is 19.5 Å². The number of aryl methyl sites for hydroxylation is 2. The second-order valence-electron chi connectivity index (χ2n) is 8.50. The highest BCUT2D eigenvalue weighted by molar-refractivity contribution is 6.05. The molecule has 0 bridgehead atoms. The van der Waals surface area contributed by atoms with E-state index in [4.69, 9.17) is 9.40 Å². The van der Waals surface area contributed by atoms with Crippen molar-refractivity contribution in [3.8, 4) is 0 Å². The Morgan fingerprint density at radius 2 is 2.10 bits per heavy atom. The Morgan fingerprint density at radius 1 is 1.26 bits per heavy atom. The molecule has 8 nitrogen and oxygen atoms in total. The van der Waals surface area contributed by atoms with E-state index in [2.05, 4.69) is 34.3 Å². The van der Waals surface area contributed by atoms with Crippen LogP contribution in [-0.4, -0.2) is 58.8 Å². The van der Waals surface area contributed by atoms with Crippen molar-refractivity contribution in [3.05, 3.63) is 47.9 Å². The van der Waals surface area contributed by atoms with Crippen molar-refractivity contribution in [2.45, 2.75) is 19.4 Å². The van der Waals surface area contributed by atoms with Gasteiger partial charge >= 0.3 is 0 Å². The lowest BCUT2D eigenvalue weighted by Gasteiger charge is -2.20. The average molecular weight is 419 g/mol. The Hall–Kier alpha value is -3.39. The summed E-state index contributed by atoms with van der Waals surface area (Å²) in [5, 5.41) is 8.36. The Morgan fingerprint density at radius 3 is 2.87 bits per heavy atom. The number of likely N-dealkylation sites (N-methyl/N-ethyl adjacent to an activating group) is 1. The lowest BCUT2D eigenvalue weighted by Crippen LogP contribution is -2.31. The number of anilines is 2. The first-order chi connectivity index (χ1) is 14.9. The van der Waals surface area contributed by atoms with Gasteiger partial charge in [-0.2, -0.15) is 5.10 Å². The van der Waals surface area contributed by atoms with Gasteiger partial charge in [-0.15, -0.1) is 0 Å². The molecule has 8 heteroatoms. The maximum absolute atomic E-state index is 12.8. The minimum Gasteiger partial charge on any atom is -0.449 e.